The summed E-state index contributed by atoms with van der Waals surface area (Å²) in [6.45, 7) is 0. The van der Waals surface area contributed by atoms with Gasteiger partial charge in [0.25, 0.3) is 0 Å². The van der Waals surface area contributed by atoms with Crippen LogP contribution in [-0.4, -0.2) is 17.4 Å². The molecule has 0 radical (unpaired) electrons. The molecule has 1 aliphatic rings. The van der Waals surface area contributed by atoms with Crippen molar-refractivity contribution in [2.45, 2.75) is 5.38 Å². The summed E-state index contributed by atoms with van der Waals surface area (Å²) in [4.78, 5) is 14.3. The van der Waals surface area contributed by atoms with Gasteiger partial charge in [0.2, 0.25) is 0 Å². The van der Waals surface area contributed by atoms with Crippen molar-refractivity contribution < 1.29 is 4.79 Å². The third-order valence-electron chi connectivity index (χ3n) is 0.891. The predicted molar refractivity (Wildman–Crippen MR) is 37.1 cm³/mol. The first-order valence-corrected chi connectivity index (χ1v) is 3.10. The zero-order chi connectivity index (χ0) is 6.85. The minimum atomic E-state index is -0.678. The maximum absolute atomic E-state index is 10.7. The lowest BCUT2D eigenvalue weighted by atomic mass is 10.2. The molecule has 2 nitrogen and oxygen atoms in total. The maximum atomic E-state index is 10.7. The van der Waals surface area contributed by atoms with Crippen molar-refractivity contribution in [2.24, 2.45) is 4.99 Å². The molecule has 0 spiro atoms. The van der Waals surface area contributed by atoms with Crippen molar-refractivity contribution in [2.75, 3.05) is 0 Å². The number of halogens is 2. The molecule has 0 aromatic heterocycles. The monoisotopic (exact) mass is 163 g/mol. The molecule has 1 aliphatic heterocycles. The fourth-order valence-corrected chi connectivity index (χ4v) is 0.859. The number of ketones is 1. The topological polar surface area (TPSA) is 29.4 Å². The summed E-state index contributed by atoms with van der Waals surface area (Å²) in [5.74, 6) is -0.284. The van der Waals surface area contributed by atoms with Gasteiger partial charge in [0.15, 0.2) is 5.78 Å². The lowest BCUT2D eigenvalue weighted by Crippen LogP contribution is -2.18. The number of carbonyl (C=O) groups excluding carboxylic acids is 1. The average molecular weight is 164 g/mol. The lowest BCUT2D eigenvalue weighted by Gasteiger charge is -2.03. The van der Waals surface area contributed by atoms with E-state index in [4.69, 9.17) is 23.2 Å². The van der Waals surface area contributed by atoms with Crippen LogP contribution < -0.4 is 0 Å². The summed E-state index contributed by atoms with van der Waals surface area (Å²) < 4.78 is 0. The standard InChI is InChI=1S/C5H3Cl2NO/c6-3-1-8-2-4(7)5(3)9/h1-3H/t3-/m0/s1. The Hall–Kier alpha value is -0.340. The highest BCUT2D eigenvalue weighted by Gasteiger charge is 2.18. The van der Waals surface area contributed by atoms with Gasteiger partial charge in [0.05, 0.1) is 0 Å². The molecule has 0 amide bonds. The highest BCUT2D eigenvalue weighted by Crippen LogP contribution is 2.12. The smallest absolute Gasteiger partial charge is 0.198 e. The highest BCUT2D eigenvalue weighted by atomic mass is 35.5. The number of carbonyl (C=O) groups is 1. The van der Waals surface area contributed by atoms with Crippen molar-refractivity contribution in [3.05, 3.63) is 11.2 Å². The van der Waals surface area contributed by atoms with Crippen LogP contribution >= 0.6 is 23.2 Å². The molecule has 1 heterocycles. The van der Waals surface area contributed by atoms with Gasteiger partial charge in [-0.05, 0) is 0 Å². The molecule has 0 aromatic carbocycles. The third kappa shape index (κ3) is 1.32. The number of hydrogen-bond donors (Lipinski definition) is 0. The van der Waals surface area contributed by atoms with E-state index in [-0.39, 0.29) is 10.8 Å². The van der Waals surface area contributed by atoms with Crippen molar-refractivity contribution in [1.82, 2.24) is 0 Å². The summed E-state index contributed by atoms with van der Waals surface area (Å²) in [6, 6.07) is 0. The quantitative estimate of drug-likeness (QED) is 0.496. The normalized spacial score (nSPS) is 26.2. The van der Waals surface area contributed by atoms with Crippen LogP contribution in [0, 0.1) is 0 Å². The Kier molecular flexibility index (Phi) is 1.88. The summed E-state index contributed by atoms with van der Waals surface area (Å²) >= 11 is 10.8. The summed E-state index contributed by atoms with van der Waals surface area (Å²) in [7, 11) is 0. The molecule has 0 N–H and O–H groups in total. The van der Waals surface area contributed by atoms with Gasteiger partial charge >= 0.3 is 0 Å². The maximum Gasteiger partial charge on any atom is 0.198 e. The van der Waals surface area contributed by atoms with Crippen LogP contribution in [0.5, 0.6) is 0 Å². The molecule has 48 valence electrons. The van der Waals surface area contributed by atoms with Crippen LogP contribution in [0.4, 0.5) is 0 Å². The molecule has 0 saturated heterocycles. The molecule has 4 heteroatoms. The molecule has 0 saturated carbocycles. The molecule has 1 rings (SSSR count). The lowest BCUT2D eigenvalue weighted by molar-refractivity contribution is -0.113. The van der Waals surface area contributed by atoms with Crippen LogP contribution in [0.15, 0.2) is 16.2 Å². The summed E-state index contributed by atoms with van der Waals surface area (Å²) in [5, 5.41) is -0.583. The number of rotatable bonds is 0. The number of nitrogens with zero attached hydrogens (tertiary/aromatic N) is 1. The number of aliphatic imine (C=N–C) groups is 1. The minimum absolute atomic E-state index is 0.0949. The van der Waals surface area contributed by atoms with Crippen LogP contribution in [0.2, 0.25) is 0 Å². The molecule has 0 unspecified atom stereocenters. The van der Waals surface area contributed by atoms with Crippen molar-refractivity contribution in [1.29, 1.82) is 0 Å². The molecule has 0 fully saturated rings. The SMILES string of the molecule is O=C1C(Cl)=CN=C[C@@H]1Cl. The summed E-state index contributed by atoms with van der Waals surface area (Å²) in [6.07, 6.45) is 2.62. The van der Waals surface area contributed by atoms with E-state index >= 15 is 0 Å². The first-order valence-electron chi connectivity index (χ1n) is 2.29. The van der Waals surface area contributed by atoms with Gasteiger partial charge in [-0.15, -0.1) is 11.6 Å². The van der Waals surface area contributed by atoms with Crippen molar-refractivity contribution in [3.63, 3.8) is 0 Å². The van der Waals surface area contributed by atoms with Crippen molar-refractivity contribution >= 4 is 35.2 Å². The second-order valence-electron chi connectivity index (χ2n) is 1.54. The predicted octanol–water partition coefficient (Wildman–Crippen LogP) is 1.33. The second-order valence-corrected chi connectivity index (χ2v) is 2.42. The van der Waals surface area contributed by atoms with E-state index in [0.29, 0.717) is 0 Å². The van der Waals surface area contributed by atoms with Gasteiger partial charge in [-0.2, -0.15) is 0 Å². The van der Waals surface area contributed by atoms with E-state index in [1.807, 2.05) is 0 Å². The largest absolute Gasteiger partial charge is 0.291 e. The zero-order valence-electron chi connectivity index (χ0n) is 4.34. The minimum Gasteiger partial charge on any atom is -0.291 e. The van der Waals surface area contributed by atoms with Crippen LogP contribution in [-0.2, 0) is 4.79 Å². The average Bonchev–Trinajstić information content (AvgIpc) is 1.83. The Balaban J connectivity index is 2.86. The molecule has 0 aliphatic carbocycles. The Bertz CT molecular complexity index is 197. The van der Waals surface area contributed by atoms with E-state index in [0.717, 1.165) is 0 Å². The third-order valence-corrected chi connectivity index (χ3v) is 1.49. The van der Waals surface area contributed by atoms with Gasteiger partial charge in [-0.1, -0.05) is 11.6 Å². The molecular formula is C5H3Cl2NO. The number of Topliss-reactive ketones (excluding diaryl/α,β-unsaturated/α-hetero) is 1. The van der Waals surface area contributed by atoms with E-state index in [1.165, 1.54) is 12.4 Å². The van der Waals surface area contributed by atoms with Crippen LogP contribution in [0.1, 0.15) is 0 Å². The Morgan fingerprint density at radius 1 is 1.67 bits per heavy atom. The second kappa shape index (κ2) is 2.50. The highest BCUT2D eigenvalue weighted by molar-refractivity contribution is 6.52. The van der Waals surface area contributed by atoms with Gasteiger partial charge in [0, 0.05) is 12.4 Å². The van der Waals surface area contributed by atoms with Gasteiger partial charge in [-0.3, -0.25) is 9.79 Å². The van der Waals surface area contributed by atoms with Gasteiger partial charge in [-0.25, -0.2) is 0 Å². The molecule has 1 atom stereocenters. The molecule has 9 heavy (non-hydrogen) atoms. The first-order chi connectivity index (χ1) is 4.22. The molecule has 0 aromatic rings. The van der Waals surface area contributed by atoms with Crippen molar-refractivity contribution in [3.8, 4) is 0 Å². The molecule has 0 bridgehead atoms. The fourth-order valence-electron chi connectivity index (χ4n) is 0.447. The number of alkyl halides is 1. The Morgan fingerprint density at radius 2 is 2.33 bits per heavy atom. The van der Waals surface area contributed by atoms with E-state index in [2.05, 4.69) is 4.99 Å². The van der Waals surface area contributed by atoms with E-state index < -0.39 is 5.38 Å². The van der Waals surface area contributed by atoms with Gasteiger partial charge in [0.1, 0.15) is 10.4 Å². The van der Waals surface area contributed by atoms with E-state index in [1.54, 1.807) is 0 Å². The number of allylic oxidation sites excluding steroid dienone is 1. The Labute approximate surface area is 62.2 Å². The number of hydrogen-bond acceptors (Lipinski definition) is 2. The first kappa shape index (κ1) is 6.78. The molecular weight excluding hydrogens is 161 g/mol. The van der Waals surface area contributed by atoms with E-state index in [9.17, 15) is 4.79 Å². The van der Waals surface area contributed by atoms with Crippen LogP contribution in [0.25, 0.3) is 0 Å². The summed E-state index contributed by atoms with van der Waals surface area (Å²) in [5.41, 5.74) is 0. The fraction of sp³-hybridized carbons (Fsp3) is 0.200. The van der Waals surface area contributed by atoms with Crippen LogP contribution in [0.3, 0.4) is 0 Å². The zero-order valence-corrected chi connectivity index (χ0v) is 5.86. The Morgan fingerprint density at radius 3 is 2.78 bits per heavy atom. The van der Waals surface area contributed by atoms with Gasteiger partial charge < -0.3 is 0 Å².